The first-order valence-electron chi connectivity index (χ1n) is 6.65. The van der Waals surface area contributed by atoms with Crippen molar-refractivity contribution in [1.82, 2.24) is 9.13 Å². The van der Waals surface area contributed by atoms with Crippen LogP contribution in [0.5, 0.6) is 5.75 Å². The minimum atomic E-state index is -0.343. The van der Waals surface area contributed by atoms with Gasteiger partial charge in [0.15, 0.2) is 0 Å². The lowest BCUT2D eigenvalue weighted by Crippen LogP contribution is -2.39. The second-order valence-electron chi connectivity index (χ2n) is 5.09. The maximum atomic E-state index is 12.3. The van der Waals surface area contributed by atoms with Crippen LogP contribution in [0, 0.1) is 0 Å². The van der Waals surface area contributed by atoms with E-state index in [0.29, 0.717) is 12.2 Å². The Morgan fingerprint density at radius 2 is 1.95 bits per heavy atom. The van der Waals surface area contributed by atoms with Crippen LogP contribution in [-0.2, 0) is 20.6 Å². The molecule has 1 heterocycles. The Labute approximate surface area is 136 Å². The van der Waals surface area contributed by atoms with Crippen LogP contribution >= 0.6 is 15.9 Å². The van der Waals surface area contributed by atoms with Crippen molar-refractivity contribution in [2.24, 2.45) is 14.1 Å². The van der Waals surface area contributed by atoms with Crippen LogP contribution < -0.4 is 20.9 Å². The van der Waals surface area contributed by atoms with E-state index in [1.54, 1.807) is 25.3 Å². The van der Waals surface area contributed by atoms with E-state index in [1.807, 2.05) is 25.2 Å². The molecule has 0 aliphatic rings. The zero-order valence-electron chi connectivity index (χ0n) is 13.0. The molecule has 7 heteroatoms. The number of benzene rings is 1. The van der Waals surface area contributed by atoms with E-state index >= 15 is 0 Å². The molecule has 22 heavy (non-hydrogen) atoms. The SMILES string of the molecule is COc1ccc(Br)c(CN(C)c2cn(C)c(=O)n(C)c2=O)c1. The first-order chi connectivity index (χ1) is 10.3. The van der Waals surface area contributed by atoms with Crippen LogP contribution in [0.1, 0.15) is 5.56 Å². The van der Waals surface area contributed by atoms with E-state index in [1.165, 1.54) is 11.6 Å². The number of ether oxygens (including phenoxy) is 1. The molecule has 0 saturated heterocycles. The molecule has 0 amide bonds. The van der Waals surface area contributed by atoms with Gasteiger partial charge in [-0.3, -0.25) is 9.36 Å². The van der Waals surface area contributed by atoms with Gasteiger partial charge in [-0.25, -0.2) is 4.79 Å². The summed E-state index contributed by atoms with van der Waals surface area (Å²) >= 11 is 3.50. The van der Waals surface area contributed by atoms with Gasteiger partial charge in [0.2, 0.25) is 0 Å². The lowest BCUT2D eigenvalue weighted by molar-refractivity contribution is 0.414. The third-order valence-electron chi connectivity index (χ3n) is 3.50. The summed E-state index contributed by atoms with van der Waals surface area (Å²) in [5.41, 5.74) is 0.784. The van der Waals surface area contributed by atoms with Crippen molar-refractivity contribution in [1.29, 1.82) is 0 Å². The zero-order valence-corrected chi connectivity index (χ0v) is 14.5. The molecular formula is C15H18BrN3O3. The van der Waals surface area contributed by atoms with Gasteiger partial charge in [-0.2, -0.15) is 0 Å². The van der Waals surface area contributed by atoms with Crippen LogP contribution in [0.25, 0.3) is 0 Å². The Bertz CT molecular complexity index is 811. The molecule has 0 unspecified atom stereocenters. The van der Waals surface area contributed by atoms with E-state index in [0.717, 1.165) is 20.4 Å². The summed E-state index contributed by atoms with van der Waals surface area (Å²) in [7, 11) is 6.52. The number of methoxy groups -OCH3 is 1. The van der Waals surface area contributed by atoms with Crippen molar-refractivity contribution in [3.05, 3.63) is 55.3 Å². The summed E-state index contributed by atoms with van der Waals surface area (Å²) in [4.78, 5) is 25.8. The van der Waals surface area contributed by atoms with Gasteiger partial charge in [0.25, 0.3) is 5.56 Å². The molecule has 0 bridgehead atoms. The summed E-state index contributed by atoms with van der Waals surface area (Å²) in [6.07, 6.45) is 1.55. The molecule has 0 atom stereocenters. The molecular weight excluding hydrogens is 350 g/mol. The average molecular weight is 368 g/mol. The number of nitrogens with zero attached hydrogens (tertiary/aromatic N) is 3. The van der Waals surface area contributed by atoms with Crippen LogP contribution in [0.4, 0.5) is 5.69 Å². The second-order valence-corrected chi connectivity index (χ2v) is 5.94. The Morgan fingerprint density at radius 3 is 2.59 bits per heavy atom. The Morgan fingerprint density at radius 1 is 1.27 bits per heavy atom. The topological polar surface area (TPSA) is 56.5 Å². The third kappa shape index (κ3) is 3.09. The fourth-order valence-corrected chi connectivity index (χ4v) is 2.56. The summed E-state index contributed by atoms with van der Waals surface area (Å²) in [5, 5.41) is 0. The number of aryl methyl sites for hydroxylation is 1. The molecule has 0 radical (unpaired) electrons. The van der Waals surface area contributed by atoms with Gasteiger partial charge in [-0.1, -0.05) is 15.9 Å². The molecule has 0 N–H and O–H groups in total. The fraction of sp³-hybridized carbons (Fsp3) is 0.333. The predicted octanol–water partition coefficient (Wildman–Crippen LogP) is 1.49. The number of hydrogen-bond donors (Lipinski definition) is 0. The highest BCUT2D eigenvalue weighted by Gasteiger charge is 2.13. The van der Waals surface area contributed by atoms with Crippen LogP contribution in [-0.4, -0.2) is 23.3 Å². The Hall–Kier alpha value is -2.02. The fourth-order valence-electron chi connectivity index (χ4n) is 2.19. The molecule has 1 aromatic heterocycles. The molecule has 6 nitrogen and oxygen atoms in total. The van der Waals surface area contributed by atoms with Crippen molar-refractivity contribution < 1.29 is 4.74 Å². The van der Waals surface area contributed by atoms with E-state index in [-0.39, 0.29) is 11.2 Å². The molecule has 1 aromatic carbocycles. The summed E-state index contributed by atoms with van der Waals surface area (Å²) < 4.78 is 8.66. The number of halogens is 1. The Kier molecular flexibility index (Phi) is 4.75. The largest absolute Gasteiger partial charge is 0.497 e. The van der Waals surface area contributed by atoms with E-state index in [2.05, 4.69) is 15.9 Å². The van der Waals surface area contributed by atoms with Gasteiger partial charge in [-0.05, 0) is 23.8 Å². The Balaban J connectivity index is 2.40. The smallest absolute Gasteiger partial charge is 0.330 e. The first-order valence-corrected chi connectivity index (χ1v) is 7.44. The van der Waals surface area contributed by atoms with Gasteiger partial charge in [0, 0.05) is 38.4 Å². The number of hydrogen-bond acceptors (Lipinski definition) is 4. The average Bonchev–Trinajstić information content (AvgIpc) is 2.50. The van der Waals surface area contributed by atoms with Gasteiger partial charge >= 0.3 is 5.69 Å². The standard InChI is InChI=1S/C15H18BrN3O3/c1-17(8-10-7-11(22-4)5-6-12(10)16)13-9-18(2)15(21)19(3)14(13)20/h5-7,9H,8H2,1-4H3. The first kappa shape index (κ1) is 16.4. The summed E-state index contributed by atoms with van der Waals surface area (Å²) in [5.74, 6) is 0.750. The molecule has 0 aliphatic carbocycles. The second kappa shape index (κ2) is 6.39. The monoisotopic (exact) mass is 367 g/mol. The zero-order chi connectivity index (χ0) is 16.4. The van der Waals surface area contributed by atoms with Crippen LogP contribution in [0.3, 0.4) is 0 Å². The quantitative estimate of drug-likeness (QED) is 0.821. The van der Waals surface area contributed by atoms with Gasteiger partial charge in [-0.15, -0.1) is 0 Å². The predicted molar refractivity (Wildman–Crippen MR) is 89.7 cm³/mol. The van der Waals surface area contributed by atoms with Crippen molar-refractivity contribution in [2.45, 2.75) is 6.54 Å². The summed E-state index contributed by atoms with van der Waals surface area (Å²) in [6, 6.07) is 5.67. The van der Waals surface area contributed by atoms with Gasteiger partial charge in [0.05, 0.1) is 7.11 Å². The molecule has 118 valence electrons. The minimum absolute atomic E-state index is 0.315. The van der Waals surface area contributed by atoms with E-state index in [4.69, 9.17) is 4.74 Å². The number of anilines is 1. The third-order valence-corrected chi connectivity index (χ3v) is 4.27. The van der Waals surface area contributed by atoms with E-state index in [9.17, 15) is 9.59 Å². The van der Waals surface area contributed by atoms with Crippen LogP contribution in [0.2, 0.25) is 0 Å². The van der Waals surface area contributed by atoms with E-state index < -0.39 is 0 Å². The highest BCUT2D eigenvalue weighted by atomic mass is 79.9. The lowest BCUT2D eigenvalue weighted by Gasteiger charge is -2.20. The van der Waals surface area contributed by atoms with Crippen molar-refractivity contribution >= 4 is 21.6 Å². The molecule has 2 aromatic rings. The molecule has 0 fully saturated rings. The maximum absolute atomic E-state index is 12.3. The molecule has 0 saturated carbocycles. The van der Waals surface area contributed by atoms with Crippen molar-refractivity contribution in [3.8, 4) is 5.75 Å². The number of aromatic nitrogens is 2. The molecule has 0 spiro atoms. The lowest BCUT2D eigenvalue weighted by atomic mass is 10.2. The van der Waals surface area contributed by atoms with Crippen LogP contribution in [0.15, 0.2) is 38.5 Å². The molecule has 2 rings (SSSR count). The highest BCUT2D eigenvalue weighted by molar-refractivity contribution is 9.10. The maximum Gasteiger partial charge on any atom is 0.330 e. The highest BCUT2D eigenvalue weighted by Crippen LogP contribution is 2.24. The minimum Gasteiger partial charge on any atom is -0.497 e. The molecule has 0 aliphatic heterocycles. The van der Waals surface area contributed by atoms with Gasteiger partial charge < -0.3 is 14.2 Å². The van der Waals surface area contributed by atoms with Gasteiger partial charge in [0.1, 0.15) is 11.4 Å². The number of rotatable bonds is 4. The van der Waals surface area contributed by atoms with Crippen molar-refractivity contribution in [3.63, 3.8) is 0 Å². The normalized spacial score (nSPS) is 10.6. The summed E-state index contributed by atoms with van der Waals surface area (Å²) in [6.45, 7) is 0.505. The van der Waals surface area contributed by atoms with Crippen molar-refractivity contribution in [2.75, 3.05) is 19.1 Å².